The normalized spacial score (nSPS) is 19.8. The topological polar surface area (TPSA) is 73.5 Å². The van der Waals surface area contributed by atoms with Crippen molar-refractivity contribution >= 4 is 11.9 Å². The van der Waals surface area contributed by atoms with E-state index in [0.29, 0.717) is 6.04 Å². The number of nitrogens with one attached hydrogen (secondary N) is 3. The lowest BCUT2D eigenvalue weighted by molar-refractivity contribution is -0.120. The minimum atomic E-state index is -0.461. The van der Waals surface area contributed by atoms with Crippen molar-refractivity contribution in [3.63, 3.8) is 0 Å². The largest absolute Gasteiger partial charge is 0.341 e. The smallest absolute Gasteiger partial charge is 0.321 e. The number of amides is 3. The molecule has 0 aromatic carbocycles. The molecule has 0 aromatic rings. The Morgan fingerprint density at radius 2 is 2.25 bits per heavy atom. The highest BCUT2D eigenvalue weighted by Gasteiger charge is 2.17. The van der Waals surface area contributed by atoms with Gasteiger partial charge in [-0.3, -0.25) is 15.0 Å². The molecule has 1 unspecified atom stereocenters. The van der Waals surface area contributed by atoms with Gasteiger partial charge in [-0.1, -0.05) is 0 Å². The Hall–Kier alpha value is -1.14. The minimum absolute atomic E-state index is 0.242. The van der Waals surface area contributed by atoms with Crippen LogP contribution < -0.4 is 16.0 Å². The summed E-state index contributed by atoms with van der Waals surface area (Å²) in [6, 6.07) is 0.00944. The van der Waals surface area contributed by atoms with Crippen LogP contribution in [0.15, 0.2) is 0 Å². The number of carbonyl (C=O) groups excluding carboxylic acids is 2. The third-order valence-electron chi connectivity index (χ3n) is 2.59. The molecular weight excluding hydrogens is 208 g/mol. The van der Waals surface area contributed by atoms with Crippen molar-refractivity contribution in [1.82, 2.24) is 20.9 Å². The SMILES string of the molecule is CNC(=O)NC(=O)CN(C)CC1CCCN1. The Kier molecular flexibility index (Phi) is 5.21. The zero-order valence-electron chi connectivity index (χ0n) is 9.88. The summed E-state index contributed by atoms with van der Waals surface area (Å²) in [5, 5.41) is 7.93. The third kappa shape index (κ3) is 4.59. The molecule has 0 aliphatic carbocycles. The van der Waals surface area contributed by atoms with Crippen molar-refractivity contribution in [2.45, 2.75) is 18.9 Å². The molecule has 6 nitrogen and oxygen atoms in total. The van der Waals surface area contributed by atoms with Gasteiger partial charge in [0.05, 0.1) is 6.54 Å². The van der Waals surface area contributed by atoms with Crippen LogP contribution in [-0.4, -0.2) is 56.6 Å². The van der Waals surface area contributed by atoms with Crippen LogP contribution in [0.2, 0.25) is 0 Å². The van der Waals surface area contributed by atoms with E-state index in [1.807, 2.05) is 11.9 Å². The molecule has 16 heavy (non-hydrogen) atoms. The summed E-state index contributed by atoms with van der Waals surface area (Å²) in [7, 11) is 3.36. The van der Waals surface area contributed by atoms with Gasteiger partial charge in [-0.25, -0.2) is 4.79 Å². The fourth-order valence-corrected chi connectivity index (χ4v) is 1.83. The zero-order valence-corrected chi connectivity index (χ0v) is 9.88. The fraction of sp³-hybridized carbons (Fsp3) is 0.800. The van der Waals surface area contributed by atoms with Crippen molar-refractivity contribution < 1.29 is 9.59 Å². The fourth-order valence-electron chi connectivity index (χ4n) is 1.83. The number of imide groups is 1. The molecule has 1 atom stereocenters. The molecule has 1 aliphatic rings. The van der Waals surface area contributed by atoms with E-state index in [2.05, 4.69) is 16.0 Å². The molecule has 0 aromatic heterocycles. The highest BCUT2D eigenvalue weighted by molar-refractivity contribution is 5.95. The highest BCUT2D eigenvalue weighted by Crippen LogP contribution is 2.05. The first kappa shape index (κ1) is 12.9. The van der Waals surface area contributed by atoms with Crippen molar-refractivity contribution in [3.05, 3.63) is 0 Å². The highest BCUT2D eigenvalue weighted by atomic mass is 16.2. The van der Waals surface area contributed by atoms with Crippen LogP contribution in [-0.2, 0) is 4.79 Å². The Balaban J connectivity index is 2.19. The molecule has 0 saturated carbocycles. The van der Waals surface area contributed by atoms with Gasteiger partial charge in [0.2, 0.25) is 5.91 Å². The maximum atomic E-state index is 11.4. The van der Waals surface area contributed by atoms with Crippen LogP contribution in [0.4, 0.5) is 4.79 Å². The lowest BCUT2D eigenvalue weighted by Gasteiger charge is -2.20. The number of carbonyl (C=O) groups is 2. The molecule has 0 bridgehead atoms. The predicted molar refractivity (Wildman–Crippen MR) is 61.1 cm³/mol. The Morgan fingerprint density at radius 1 is 1.50 bits per heavy atom. The molecule has 0 radical (unpaired) electrons. The average molecular weight is 228 g/mol. The van der Waals surface area contributed by atoms with Crippen LogP contribution in [0.5, 0.6) is 0 Å². The Labute approximate surface area is 95.8 Å². The monoisotopic (exact) mass is 228 g/mol. The lowest BCUT2D eigenvalue weighted by atomic mass is 10.2. The molecule has 1 aliphatic heterocycles. The van der Waals surface area contributed by atoms with E-state index < -0.39 is 6.03 Å². The van der Waals surface area contributed by atoms with Crippen molar-refractivity contribution in [2.24, 2.45) is 0 Å². The van der Waals surface area contributed by atoms with Crippen molar-refractivity contribution in [3.8, 4) is 0 Å². The van der Waals surface area contributed by atoms with E-state index in [1.54, 1.807) is 0 Å². The second kappa shape index (κ2) is 6.44. The molecule has 1 rings (SSSR count). The van der Waals surface area contributed by atoms with Crippen LogP contribution >= 0.6 is 0 Å². The average Bonchev–Trinajstić information content (AvgIpc) is 2.69. The van der Waals surface area contributed by atoms with Gasteiger partial charge in [0.1, 0.15) is 0 Å². The zero-order chi connectivity index (χ0) is 12.0. The summed E-state index contributed by atoms with van der Waals surface area (Å²) < 4.78 is 0. The van der Waals surface area contributed by atoms with E-state index in [4.69, 9.17) is 0 Å². The molecule has 0 spiro atoms. The van der Waals surface area contributed by atoms with E-state index in [0.717, 1.165) is 19.5 Å². The summed E-state index contributed by atoms with van der Waals surface area (Å²) in [5.74, 6) is -0.278. The number of hydrogen-bond acceptors (Lipinski definition) is 4. The molecule has 6 heteroatoms. The molecule has 92 valence electrons. The minimum Gasteiger partial charge on any atom is -0.341 e. The maximum Gasteiger partial charge on any atom is 0.321 e. The van der Waals surface area contributed by atoms with Crippen LogP contribution in [0.1, 0.15) is 12.8 Å². The third-order valence-corrected chi connectivity index (χ3v) is 2.59. The first-order valence-electron chi connectivity index (χ1n) is 5.55. The molecule has 3 amide bonds. The summed E-state index contributed by atoms with van der Waals surface area (Å²) >= 11 is 0. The standard InChI is InChI=1S/C10H20N4O2/c1-11-10(16)13-9(15)7-14(2)6-8-4-3-5-12-8/h8,12H,3-7H2,1-2H3,(H2,11,13,15,16). The van der Waals surface area contributed by atoms with Gasteiger partial charge < -0.3 is 10.6 Å². The van der Waals surface area contributed by atoms with E-state index in [1.165, 1.54) is 13.5 Å². The molecule has 1 fully saturated rings. The predicted octanol–water partition coefficient (Wildman–Crippen LogP) is -0.874. The van der Waals surface area contributed by atoms with Gasteiger partial charge >= 0.3 is 6.03 Å². The number of nitrogens with zero attached hydrogens (tertiary/aromatic N) is 1. The quantitative estimate of drug-likeness (QED) is 0.584. The second-order valence-corrected chi connectivity index (χ2v) is 4.12. The maximum absolute atomic E-state index is 11.4. The van der Waals surface area contributed by atoms with Crippen LogP contribution in [0.3, 0.4) is 0 Å². The second-order valence-electron chi connectivity index (χ2n) is 4.12. The number of hydrogen-bond donors (Lipinski definition) is 3. The number of urea groups is 1. The van der Waals surface area contributed by atoms with Gasteiger partial charge in [-0.05, 0) is 26.4 Å². The van der Waals surface area contributed by atoms with Gasteiger partial charge in [0, 0.05) is 19.6 Å². The van der Waals surface area contributed by atoms with Crippen LogP contribution in [0.25, 0.3) is 0 Å². The van der Waals surface area contributed by atoms with E-state index >= 15 is 0 Å². The summed E-state index contributed by atoms with van der Waals surface area (Å²) in [6.45, 7) is 2.13. The Morgan fingerprint density at radius 3 is 2.81 bits per heavy atom. The number of rotatable bonds is 4. The van der Waals surface area contributed by atoms with Crippen molar-refractivity contribution in [2.75, 3.05) is 33.7 Å². The van der Waals surface area contributed by atoms with Crippen LogP contribution in [0, 0.1) is 0 Å². The summed E-state index contributed by atoms with van der Waals surface area (Å²) in [5.41, 5.74) is 0. The molecular formula is C10H20N4O2. The Bertz CT molecular complexity index is 251. The summed E-state index contributed by atoms with van der Waals surface area (Å²) in [4.78, 5) is 24.2. The summed E-state index contributed by atoms with van der Waals surface area (Å²) in [6.07, 6.45) is 2.35. The van der Waals surface area contributed by atoms with Gasteiger partial charge in [0.15, 0.2) is 0 Å². The van der Waals surface area contributed by atoms with Gasteiger partial charge in [0.25, 0.3) is 0 Å². The lowest BCUT2D eigenvalue weighted by Crippen LogP contribution is -2.45. The molecule has 1 saturated heterocycles. The first-order chi connectivity index (χ1) is 7.61. The van der Waals surface area contributed by atoms with Gasteiger partial charge in [-0.15, -0.1) is 0 Å². The van der Waals surface area contributed by atoms with E-state index in [9.17, 15) is 9.59 Å². The van der Waals surface area contributed by atoms with Crippen molar-refractivity contribution in [1.29, 1.82) is 0 Å². The number of likely N-dealkylation sites (N-methyl/N-ethyl adjacent to an activating group) is 1. The molecule has 1 heterocycles. The molecule has 3 N–H and O–H groups in total. The first-order valence-corrected chi connectivity index (χ1v) is 5.55. The van der Waals surface area contributed by atoms with Gasteiger partial charge in [-0.2, -0.15) is 0 Å². The van der Waals surface area contributed by atoms with E-state index in [-0.39, 0.29) is 12.5 Å².